The zero-order valence-electron chi connectivity index (χ0n) is 11.7. The van der Waals surface area contributed by atoms with Gasteiger partial charge in [0, 0.05) is 0 Å². The molecule has 0 heterocycles. The van der Waals surface area contributed by atoms with Crippen molar-refractivity contribution in [2.45, 2.75) is 70.3 Å². The van der Waals surface area contributed by atoms with E-state index >= 15 is 0 Å². The highest BCUT2D eigenvalue weighted by Crippen LogP contribution is 2.45. The van der Waals surface area contributed by atoms with Crippen molar-refractivity contribution in [3.63, 3.8) is 0 Å². The van der Waals surface area contributed by atoms with Gasteiger partial charge < -0.3 is 9.84 Å². The van der Waals surface area contributed by atoms with Crippen LogP contribution in [0.5, 0.6) is 0 Å². The highest BCUT2D eigenvalue weighted by Gasteiger charge is 2.45. The van der Waals surface area contributed by atoms with Crippen LogP contribution in [0, 0.1) is 11.8 Å². The Kier molecular flexibility index (Phi) is 4.48. The van der Waals surface area contributed by atoms with E-state index < -0.39 is 17.9 Å². The largest absolute Gasteiger partial charge is 0.481 e. The summed E-state index contributed by atoms with van der Waals surface area (Å²) in [5.41, 5.74) is -0.366. The molecule has 1 N–H and O–H groups in total. The van der Waals surface area contributed by atoms with E-state index in [4.69, 9.17) is 9.84 Å². The third-order valence-corrected chi connectivity index (χ3v) is 4.83. The van der Waals surface area contributed by atoms with Gasteiger partial charge in [0.15, 0.2) is 5.92 Å². The minimum Gasteiger partial charge on any atom is -0.481 e. The zero-order chi connectivity index (χ0) is 13.9. The van der Waals surface area contributed by atoms with E-state index in [9.17, 15) is 9.59 Å². The third kappa shape index (κ3) is 3.10. The number of hydrogen-bond donors (Lipinski definition) is 1. The van der Waals surface area contributed by atoms with E-state index in [2.05, 4.69) is 0 Å². The lowest BCUT2D eigenvalue weighted by atomic mass is 9.74. The molecule has 0 spiro atoms. The molecule has 1 atom stereocenters. The van der Waals surface area contributed by atoms with Crippen LogP contribution in [0.3, 0.4) is 0 Å². The predicted molar refractivity (Wildman–Crippen MR) is 70.7 cm³/mol. The van der Waals surface area contributed by atoms with Crippen molar-refractivity contribution in [3.05, 3.63) is 0 Å². The molecule has 0 bridgehead atoms. The summed E-state index contributed by atoms with van der Waals surface area (Å²) in [7, 11) is 0. The fourth-order valence-corrected chi connectivity index (χ4v) is 3.59. The van der Waals surface area contributed by atoms with Crippen molar-refractivity contribution in [1.82, 2.24) is 0 Å². The van der Waals surface area contributed by atoms with Crippen LogP contribution in [-0.4, -0.2) is 22.6 Å². The molecule has 0 radical (unpaired) electrons. The molecule has 4 heteroatoms. The SMILES string of the molecule is CC(C(=O)O)C(=O)OC1(C2CCCC2)CCCCC1. The molecule has 0 aliphatic heterocycles. The molecule has 2 rings (SSSR count). The summed E-state index contributed by atoms with van der Waals surface area (Å²) in [4.78, 5) is 22.9. The highest BCUT2D eigenvalue weighted by molar-refractivity contribution is 5.93. The average Bonchev–Trinajstić information content (AvgIpc) is 2.93. The average molecular weight is 268 g/mol. The number of rotatable bonds is 4. The molecule has 108 valence electrons. The number of carbonyl (C=O) groups excluding carboxylic acids is 1. The van der Waals surface area contributed by atoms with Gasteiger partial charge >= 0.3 is 11.9 Å². The van der Waals surface area contributed by atoms with Crippen LogP contribution in [0.1, 0.15) is 64.7 Å². The van der Waals surface area contributed by atoms with Gasteiger partial charge in [0.05, 0.1) is 0 Å². The molecule has 2 aliphatic carbocycles. The molecular weight excluding hydrogens is 244 g/mol. The lowest BCUT2D eigenvalue weighted by molar-refractivity contribution is -0.179. The first kappa shape index (κ1) is 14.4. The number of ether oxygens (including phenoxy) is 1. The van der Waals surface area contributed by atoms with Gasteiger partial charge in [-0.1, -0.05) is 19.3 Å². The number of hydrogen-bond acceptors (Lipinski definition) is 3. The minimum absolute atomic E-state index is 0.366. The van der Waals surface area contributed by atoms with Crippen LogP contribution >= 0.6 is 0 Å². The zero-order valence-corrected chi connectivity index (χ0v) is 11.7. The summed E-state index contributed by atoms with van der Waals surface area (Å²) >= 11 is 0. The normalized spacial score (nSPS) is 24.9. The Morgan fingerprint density at radius 1 is 1.11 bits per heavy atom. The molecule has 19 heavy (non-hydrogen) atoms. The van der Waals surface area contributed by atoms with E-state index in [1.807, 2.05) is 0 Å². The summed E-state index contributed by atoms with van der Waals surface area (Å²) < 4.78 is 5.77. The first-order valence-electron chi connectivity index (χ1n) is 7.51. The quantitative estimate of drug-likeness (QED) is 0.628. The molecule has 0 aromatic rings. The highest BCUT2D eigenvalue weighted by atomic mass is 16.6. The van der Waals surface area contributed by atoms with Gasteiger partial charge in [0.2, 0.25) is 0 Å². The van der Waals surface area contributed by atoms with E-state index in [1.165, 1.54) is 26.2 Å². The van der Waals surface area contributed by atoms with Crippen LogP contribution in [0.25, 0.3) is 0 Å². The molecule has 2 aliphatic rings. The molecule has 2 fully saturated rings. The summed E-state index contributed by atoms with van der Waals surface area (Å²) in [6.45, 7) is 1.41. The van der Waals surface area contributed by atoms with Crippen molar-refractivity contribution in [2.24, 2.45) is 11.8 Å². The van der Waals surface area contributed by atoms with E-state index in [1.54, 1.807) is 0 Å². The van der Waals surface area contributed by atoms with Crippen LogP contribution in [-0.2, 0) is 14.3 Å². The van der Waals surface area contributed by atoms with Crippen molar-refractivity contribution >= 4 is 11.9 Å². The van der Waals surface area contributed by atoms with Crippen molar-refractivity contribution in [1.29, 1.82) is 0 Å². The molecule has 0 aromatic heterocycles. The number of esters is 1. The Morgan fingerprint density at radius 3 is 2.21 bits per heavy atom. The summed E-state index contributed by atoms with van der Waals surface area (Å²) in [5.74, 6) is -2.26. The van der Waals surface area contributed by atoms with Gasteiger partial charge in [-0.2, -0.15) is 0 Å². The Labute approximate surface area is 114 Å². The Hall–Kier alpha value is -1.06. The van der Waals surface area contributed by atoms with E-state index in [-0.39, 0.29) is 5.60 Å². The summed E-state index contributed by atoms with van der Waals surface area (Å²) in [6.07, 6.45) is 9.85. The molecule has 1 unspecified atom stereocenters. The number of carboxylic acid groups (broad SMARTS) is 1. The maximum absolute atomic E-state index is 12.0. The standard InChI is InChI=1S/C15H24O4/c1-11(13(16)17)14(18)19-15(9-5-2-6-10-15)12-7-3-4-8-12/h11-12H,2-10H2,1H3,(H,16,17). The Balaban J connectivity index is 2.09. The predicted octanol–water partition coefficient (Wildman–Crippen LogP) is 3.14. The van der Waals surface area contributed by atoms with Gasteiger partial charge in [-0.15, -0.1) is 0 Å². The minimum atomic E-state index is -1.10. The maximum atomic E-state index is 12.0. The lowest BCUT2D eigenvalue weighted by Gasteiger charge is -2.42. The molecule has 0 aromatic carbocycles. The summed E-state index contributed by atoms with van der Waals surface area (Å²) in [6, 6.07) is 0. The van der Waals surface area contributed by atoms with E-state index in [0.29, 0.717) is 5.92 Å². The second-order valence-corrected chi connectivity index (χ2v) is 6.09. The van der Waals surface area contributed by atoms with Crippen LogP contribution in [0.15, 0.2) is 0 Å². The smallest absolute Gasteiger partial charge is 0.320 e. The van der Waals surface area contributed by atoms with Crippen molar-refractivity contribution < 1.29 is 19.4 Å². The fraction of sp³-hybridized carbons (Fsp3) is 0.867. The third-order valence-electron chi connectivity index (χ3n) is 4.83. The number of aliphatic carboxylic acids is 1. The number of carboxylic acids is 1. The maximum Gasteiger partial charge on any atom is 0.320 e. The van der Waals surface area contributed by atoms with Crippen LogP contribution < -0.4 is 0 Å². The Morgan fingerprint density at radius 2 is 1.68 bits per heavy atom. The van der Waals surface area contributed by atoms with Gasteiger partial charge in [-0.25, -0.2) is 0 Å². The summed E-state index contributed by atoms with van der Waals surface area (Å²) in [5, 5.41) is 8.93. The second kappa shape index (κ2) is 5.93. The first-order valence-corrected chi connectivity index (χ1v) is 7.51. The molecule has 0 saturated heterocycles. The van der Waals surface area contributed by atoms with Crippen molar-refractivity contribution in [3.8, 4) is 0 Å². The number of carbonyl (C=O) groups is 2. The first-order chi connectivity index (χ1) is 9.05. The molecule has 4 nitrogen and oxygen atoms in total. The van der Waals surface area contributed by atoms with Gasteiger partial charge in [0.25, 0.3) is 0 Å². The van der Waals surface area contributed by atoms with Gasteiger partial charge in [-0.05, 0) is 51.4 Å². The van der Waals surface area contributed by atoms with Crippen molar-refractivity contribution in [2.75, 3.05) is 0 Å². The van der Waals surface area contributed by atoms with Gasteiger partial charge in [0.1, 0.15) is 5.60 Å². The van der Waals surface area contributed by atoms with E-state index in [0.717, 1.165) is 38.5 Å². The topological polar surface area (TPSA) is 63.6 Å². The monoisotopic (exact) mass is 268 g/mol. The van der Waals surface area contributed by atoms with Gasteiger partial charge in [-0.3, -0.25) is 9.59 Å². The Bertz CT molecular complexity index is 338. The van der Waals surface area contributed by atoms with Crippen LogP contribution in [0.4, 0.5) is 0 Å². The lowest BCUT2D eigenvalue weighted by Crippen LogP contribution is -2.45. The second-order valence-electron chi connectivity index (χ2n) is 6.09. The molecule has 0 amide bonds. The fourth-order valence-electron chi connectivity index (χ4n) is 3.59. The van der Waals surface area contributed by atoms with Crippen LogP contribution in [0.2, 0.25) is 0 Å². The molecular formula is C15H24O4. The molecule has 2 saturated carbocycles.